The average Bonchev–Trinajstić information content (AvgIpc) is 3.20. The molecule has 5 heteroatoms. The van der Waals surface area contributed by atoms with Gasteiger partial charge in [0.05, 0.1) is 17.7 Å². The van der Waals surface area contributed by atoms with Crippen molar-refractivity contribution in [2.24, 2.45) is 15.7 Å². The van der Waals surface area contributed by atoms with E-state index in [-0.39, 0.29) is 0 Å². The second-order valence-corrected chi connectivity index (χ2v) is 12.8. The molecule has 0 aliphatic carbocycles. The minimum atomic E-state index is 0.417. The third kappa shape index (κ3) is 6.70. The number of likely N-dealkylation sites (N-methyl/N-ethyl adjacent to an activating group) is 1. The van der Waals surface area contributed by atoms with Crippen LogP contribution in [0.15, 0.2) is 174 Å². The van der Waals surface area contributed by atoms with Crippen LogP contribution in [0.5, 0.6) is 0 Å². The maximum Gasteiger partial charge on any atom is 0.157 e. The summed E-state index contributed by atoms with van der Waals surface area (Å²) in [6.07, 6.45) is 6.31. The van der Waals surface area contributed by atoms with Gasteiger partial charge in [0.1, 0.15) is 5.84 Å². The maximum absolute atomic E-state index is 6.74. The molecular formula is C46H37N5. The number of hydrogen-bond acceptors (Lipinski definition) is 3. The molecule has 0 spiro atoms. The highest BCUT2D eigenvalue weighted by molar-refractivity contribution is 6.11. The van der Waals surface area contributed by atoms with Crippen LogP contribution in [0.2, 0.25) is 0 Å². The highest BCUT2D eigenvalue weighted by Crippen LogP contribution is 2.39. The predicted octanol–water partition coefficient (Wildman–Crippen LogP) is 10.1. The molecule has 0 amide bonds. The normalized spacial score (nSPS) is 13.0. The zero-order valence-electron chi connectivity index (χ0n) is 28.4. The Bertz CT molecular complexity index is 2430. The molecule has 1 aliphatic heterocycles. The van der Waals surface area contributed by atoms with Gasteiger partial charge in [-0.1, -0.05) is 140 Å². The molecule has 0 fully saturated rings. The first-order chi connectivity index (χ1) is 25.1. The first-order valence-corrected chi connectivity index (χ1v) is 17.2. The van der Waals surface area contributed by atoms with Crippen molar-refractivity contribution in [2.45, 2.75) is 6.54 Å². The van der Waals surface area contributed by atoms with E-state index in [1.165, 1.54) is 16.8 Å². The lowest BCUT2D eigenvalue weighted by atomic mass is 9.92. The van der Waals surface area contributed by atoms with Gasteiger partial charge in [0.2, 0.25) is 0 Å². The fraction of sp³-hybridized carbons (Fsp3) is 0.0652. The van der Waals surface area contributed by atoms with Crippen LogP contribution in [0.25, 0.3) is 50.4 Å². The molecule has 0 atom stereocenters. The summed E-state index contributed by atoms with van der Waals surface area (Å²) in [6.45, 7) is 1.31. The molecule has 5 nitrogen and oxygen atoms in total. The molecule has 1 aromatic heterocycles. The van der Waals surface area contributed by atoms with Crippen molar-refractivity contribution in [1.29, 1.82) is 0 Å². The van der Waals surface area contributed by atoms with Crippen molar-refractivity contribution in [3.8, 4) is 33.4 Å². The van der Waals surface area contributed by atoms with E-state index in [0.29, 0.717) is 18.2 Å². The lowest BCUT2D eigenvalue weighted by molar-refractivity contribution is 1.02. The van der Waals surface area contributed by atoms with E-state index in [1.54, 1.807) is 0 Å². The van der Waals surface area contributed by atoms with Crippen LogP contribution in [-0.2, 0) is 6.54 Å². The van der Waals surface area contributed by atoms with E-state index in [4.69, 9.17) is 20.7 Å². The van der Waals surface area contributed by atoms with Gasteiger partial charge in [-0.25, -0.2) is 4.99 Å². The smallest absolute Gasteiger partial charge is 0.157 e. The number of anilines is 1. The van der Waals surface area contributed by atoms with Crippen LogP contribution in [0.3, 0.4) is 0 Å². The summed E-state index contributed by atoms with van der Waals surface area (Å²) in [5.41, 5.74) is 19.8. The minimum absolute atomic E-state index is 0.417. The lowest BCUT2D eigenvalue weighted by Gasteiger charge is -2.27. The van der Waals surface area contributed by atoms with Crippen LogP contribution < -0.4 is 10.6 Å². The molecule has 2 heterocycles. The summed E-state index contributed by atoms with van der Waals surface area (Å²) in [5.74, 6) is 1.00. The van der Waals surface area contributed by atoms with E-state index in [2.05, 4.69) is 127 Å². The number of aromatic nitrogens is 1. The van der Waals surface area contributed by atoms with Gasteiger partial charge in [-0.05, 0) is 63.2 Å². The van der Waals surface area contributed by atoms with Gasteiger partial charge >= 0.3 is 0 Å². The molecule has 0 saturated heterocycles. The van der Waals surface area contributed by atoms with Crippen molar-refractivity contribution in [1.82, 2.24) is 4.98 Å². The number of aliphatic imine (C=N–C) groups is 2. The van der Waals surface area contributed by atoms with Crippen LogP contribution in [0.4, 0.5) is 5.69 Å². The number of benzene rings is 6. The van der Waals surface area contributed by atoms with Crippen molar-refractivity contribution in [3.05, 3.63) is 186 Å². The SMILES string of the molecule is CN1CC=Cc2c(-c3ccc(C/N=C(\N=C(/N)c4cccc(-c5ccccc5)c4)c4cccc(-c5ccccc5)c4)cc3)cc3cccnc3c21. The van der Waals surface area contributed by atoms with Crippen molar-refractivity contribution >= 4 is 34.3 Å². The van der Waals surface area contributed by atoms with E-state index in [0.717, 1.165) is 62.0 Å². The number of pyridine rings is 1. The Kier molecular flexibility index (Phi) is 8.76. The Morgan fingerprint density at radius 1 is 0.667 bits per heavy atom. The Morgan fingerprint density at radius 3 is 2.02 bits per heavy atom. The molecule has 0 unspecified atom stereocenters. The van der Waals surface area contributed by atoms with Crippen molar-refractivity contribution in [2.75, 3.05) is 18.5 Å². The van der Waals surface area contributed by atoms with E-state index in [9.17, 15) is 0 Å². The quantitative estimate of drug-likeness (QED) is 0.137. The van der Waals surface area contributed by atoms with Gasteiger partial charge in [-0.2, -0.15) is 0 Å². The fourth-order valence-corrected chi connectivity index (χ4v) is 6.72. The third-order valence-electron chi connectivity index (χ3n) is 9.35. The third-order valence-corrected chi connectivity index (χ3v) is 9.35. The second-order valence-electron chi connectivity index (χ2n) is 12.8. The Hall–Kier alpha value is -6.59. The monoisotopic (exact) mass is 659 g/mol. The molecule has 1 aliphatic rings. The summed E-state index contributed by atoms with van der Waals surface area (Å²) < 4.78 is 0. The van der Waals surface area contributed by atoms with E-state index >= 15 is 0 Å². The zero-order valence-corrected chi connectivity index (χ0v) is 28.4. The van der Waals surface area contributed by atoms with Gasteiger partial charge in [0, 0.05) is 41.9 Å². The topological polar surface area (TPSA) is 66.9 Å². The van der Waals surface area contributed by atoms with Crippen LogP contribution in [0.1, 0.15) is 22.3 Å². The summed E-state index contributed by atoms with van der Waals surface area (Å²) in [4.78, 5) is 17.1. The molecule has 246 valence electrons. The van der Waals surface area contributed by atoms with Crippen molar-refractivity contribution < 1.29 is 0 Å². The lowest BCUT2D eigenvalue weighted by Crippen LogP contribution is -2.21. The van der Waals surface area contributed by atoms with Crippen molar-refractivity contribution in [3.63, 3.8) is 0 Å². The van der Waals surface area contributed by atoms with Gasteiger partial charge < -0.3 is 10.6 Å². The van der Waals surface area contributed by atoms with Gasteiger partial charge in [-0.15, -0.1) is 0 Å². The highest BCUT2D eigenvalue weighted by atomic mass is 15.1. The standard InChI is InChI=1S/C46H37N5/c1-51-27-11-21-41-42(30-38-20-10-26-48-43(38)44(41)51)35-24-22-32(23-25-35)31-49-46(40-19-9-17-37(29-40)34-14-6-3-7-15-34)50-45(47)39-18-8-16-36(28-39)33-12-4-2-5-13-33/h2-26,28-30H,27,31H2,1H3,(H2,47,49,50). The molecule has 6 aromatic carbocycles. The Morgan fingerprint density at radius 2 is 1.31 bits per heavy atom. The average molecular weight is 660 g/mol. The second kappa shape index (κ2) is 14.1. The molecule has 51 heavy (non-hydrogen) atoms. The Labute approximate surface area is 298 Å². The van der Waals surface area contributed by atoms with Crippen LogP contribution >= 0.6 is 0 Å². The minimum Gasteiger partial charge on any atom is -0.383 e. The molecule has 0 saturated carbocycles. The fourth-order valence-electron chi connectivity index (χ4n) is 6.72. The summed E-state index contributed by atoms with van der Waals surface area (Å²) >= 11 is 0. The highest BCUT2D eigenvalue weighted by Gasteiger charge is 2.19. The number of nitrogens with two attached hydrogens (primary N) is 1. The van der Waals surface area contributed by atoms with Crippen LogP contribution in [0, 0.1) is 0 Å². The number of hydrogen-bond donors (Lipinski definition) is 1. The number of nitrogens with zero attached hydrogens (tertiary/aromatic N) is 4. The molecule has 0 bridgehead atoms. The number of amidine groups is 2. The Balaban J connectivity index is 1.15. The summed E-state index contributed by atoms with van der Waals surface area (Å²) in [6, 6.07) is 52.3. The first-order valence-electron chi connectivity index (χ1n) is 17.2. The maximum atomic E-state index is 6.74. The molecule has 8 rings (SSSR count). The van der Waals surface area contributed by atoms with E-state index in [1.807, 2.05) is 54.7 Å². The number of fused-ring (bicyclic) bond motifs is 3. The van der Waals surface area contributed by atoms with Gasteiger partial charge in [-0.3, -0.25) is 9.98 Å². The zero-order chi connectivity index (χ0) is 34.6. The van der Waals surface area contributed by atoms with Crippen LogP contribution in [-0.4, -0.2) is 30.2 Å². The predicted molar refractivity (Wildman–Crippen MR) is 214 cm³/mol. The van der Waals surface area contributed by atoms with Gasteiger partial charge in [0.15, 0.2) is 5.84 Å². The molecule has 0 radical (unpaired) electrons. The van der Waals surface area contributed by atoms with E-state index < -0.39 is 0 Å². The summed E-state index contributed by atoms with van der Waals surface area (Å²) in [7, 11) is 2.13. The largest absolute Gasteiger partial charge is 0.383 e. The molecule has 7 aromatic rings. The molecule has 2 N–H and O–H groups in total. The summed E-state index contributed by atoms with van der Waals surface area (Å²) in [5, 5.41) is 1.13. The molecular weight excluding hydrogens is 623 g/mol. The first kappa shape index (κ1) is 31.7. The van der Waals surface area contributed by atoms with Gasteiger partial charge in [0.25, 0.3) is 0 Å². The number of rotatable bonds is 7.